The highest BCUT2D eigenvalue weighted by atomic mass is 16.5. The van der Waals surface area contributed by atoms with Crippen molar-refractivity contribution in [2.75, 3.05) is 19.7 Å². The molecular formula is C19H19N5O2. The van der Waals surface area contributed by atoms with E-state index in [1.807, 2.05) is 66.4 Å². The Morgan fingerprint density at radius 1 is 1.15 bits per heavy atom. The first-order valence-electron chi connectivity index (χ1n) is 8.53. The summed E-state index contributed by atoms with van der Waals surface area (Å²) in [6.07, 6.45) is -0.0983. The highest BCUT2D eigenvalue weighted by Crippen LogP contribution is 2.23. The fourth-order valence-electron chi connectivity index (χ4n) is 3.13. The number of carbonyl (C=O) groups excluding carboxylic acids is 1. The standard InChI is InChI=1S/C19H19N5O2/c1-14-20-21-22-24(14)17-9-5-8-16(12-17)19(25)23-10-11-26-18(13-23)15-6-3-2-4-7-15/h2-9,12,18H,10-11,13H2,1H3. The van der Waals surface area contributed by atoms with Gasteiger partial charge in [-0.25, -0.2) is 0 Å². The summed E-state index contributed by atoms with van der Waals surface area (Å²) in [5.41, 5.74) is 2.47. The van der Waals surface area contributed by atoms with Gasteiger partial charge in [0.25, 0.3) is 5.91 Å². The summed E-state index contributed by atoms with van der Waals surface area (Å²) in [6, 6.07) is 17.4. The molecule has 26 heavy (non-hydrogen) atoms. The van der Waals surface area contributed by atoms with Gasteiger partial charge in [0, 0.05) is 12.1 Å². The van der Waals surface area contributed by atoms with Crippen molar-refractivity contribution in [1.29, 1.82) is 0 Å². The lowest BCUT2D eigenvalue weighted by Gasteiger charge is -2.33. The van der Waals surface area contributed by atoms with Gasteiger partial charge in [0.2, 0.25) is 0 Å². The average Bonchev–Trinajstić information content (AvgIpc) is 3.14. The Morgan fingerprint density at radius 3 is 2.77 bits per heavy atom. The van der Waals surface area contributed by atoms with Gasteiger partial charge in [0.15, 0.2) is 5.82 Å². The molecule has 0 aliphatic carbocycles. The molecule has 1 fully saturated rings. The molecule has 7 nitrogen and oxygen atoms in total. The number of amides is 1. The van der Waals surface area contributed by atoms with Gasteiger partial charge >= 0.3 is 0 Å². The van der Waals surface area contributed by atoms with Crippen molar-refractivity contribution in [3.8, 4) is 5.69 Å². The number of morpholine rings is 1. The van der Waals surface area contributed by atoms with E-state index < -0.39 is 0 Å². The molecule has 0 radical (unpaired) electrons. The van der Waals surface area contributed by atoms with Gasteiger partial charge in [-0.1, -0.05) is 36.4 Å². The minimum atomic E-state index is -0.0983. The first-order valence-corrected chi connectivity index (χ1v) is 8.53. The van der Waals surface area contributed by atoms with Crippen molar-refractivity contribution >= 4 is 5.91 Å². The van der Waals surface area contributed by atoms with Crippen LogP contribution >= 0.6 is 0 Å². The first-order chi connectivity index (χ1) is 12.7. The van der Waals surface area contributed by atoms with Crippen LogP contribution in [-0.4, -0.2) is 50.7 Å². The number of nitrogens with zero attached hydrogens (tertiary/aromatic N) is 5. The van der Waals surface area contributed by atoms with Crippen molar-refractivity contribution in [2.24, 2.45) is 0 Å². The van der Waals surface area contributed by atoms with Crippen LogP contribution in [0.2, 0.25) is 0 Å². The van der Waals surface area contributed by atoms with Crippen LogP contribution in [0.15, 0.2) is 54.6 Å². The molecule has 1 aliphatic heterocycles. The van der Waals surface area contributed by atoms with Crippen molar-refractivity contribution in [2.45, 2.75) is 13.0 Å². The molecule has 1 aromatic heterocycles. The number of hydrogen-bond acceptors (Lipinski definition) is 5. The molecule has 2 aromatic carbocycles. The van der Waals surface area contributed by atoms with E-state index in [0.29, 0.717) is 31.1 Å². The maximum Gasteiger partial charge on any atom is 0.254 e. The lowest BCUT2D eigenvalue weighted by atomic mass is 10.1. The number of benzene rings is 2. The van der Waals surface area contributed by atoms with E-state index in [9.17, 15) is 4.79 Å². The van der Waals surface area contributed by atoms with Crippen molar-refractivity contribution < 1.29 is 9.53 Å². The van der Waals surface area contributed by atoms with Crippen LogP contribution in [-0.2, 0) is 4.74 Å². The predicted octanol–water partition coefficient (Wildman–Crippen LogP) is 2.18. The zero-order valence-electron chi connectivity index (χ0n) is 14.4. The molecule has 2 heterocycles. The Labute approximate surface area is 151 Å². The molecule has 1 unspecified atom stereocenters. The second-order valence-corrected chi connectivity index (χ2v) is 6.21. The third-order valence-corrected chi connectivity index (χ3v) is 4.49. The third-order valence-electron chi connectivity index (χ3n) is 4.49. The van der Waals surface area contributed by atoms with Crippen molar-refractivity contribution in [3.63, 3.8) is 0 Å². The average molecular weight is 349 g/mol. The Morgan fingerprint density at radius 2 is 2.00 bits per heavy atom. The summed E-state index contributed by atoms with van der Waals surface area (Å²) in [4.78, 5) is 14.8. The number of tetrazole rings is 1. The maximum absolute atomic E-state index is 13.0. The number of hydrogen-bond donors (Lipinski definition) is 0. The van der Waals surface area contributed by atoms with Gasteiger partial charge in [-0.2, -0.15) is 4.68 Å². The van der Waals surface area contributed by atoms with E-state index in [1.54, 1.807) is 4.68 Å². The quantitative estimate of drug-likeness (QED) is 0.725. The number of carbonyl (C=O) groups is 1. The summed E-state index contributed by atoms with van der Waals surface area (Å²) in [6.45, 7) is 3.46. The van der Waals surface area contributed by atoms with Crippen LogP contribution in [0, 0.1) is 6.92 Å². The lowest BCUT2D eigenvalue weighted by molar-refractivity contribution is -0.0228. The minimum Gasteiger partial charge on any atom is -0.370 e. The highest BCUT2D eigenvalue weighted by molar-refractivity contribution is 5.94. The fourth-order valence-corrected chi connectivity index (χ4v) is 3.13. The monoisotopic (exact) mass is 349 g/mol. The van der Waals surface area contributed by atoms with E-state index in [-0.39, 0.29) is 12.0 Å². The molecule has 3 aromatic rings. The largest absolute Gasteiger partial charge is 0.370 e. The van der Waals surface area contributed by atoms with E-state index in [1.165, 1.54) is 0 Å². The topological polar surface area (TPSA) is 73.1 Å². The Balaban J connectivity index is 1.55. The van der Waals surface area contributed by atoms with Gasteiger partial charge in [-0.05, 0) is 41.1 Å². The fraction of sp³-hybridized carbons (Fsp3) is 0.263. The number of aromatic nitrogens is 4. The molecule has 132 valence electrons. The summed E-state index contributed by atoms with van der Waals surface area (Å²) < 4.78 is 7.47. The zero-order valence-corrected chi connectivity index (χ0v) is 14.4. The third kappa shape index (κ3) is 3.21. The molecule has 0 spiro atoms. The SMILES string of the molecule is Cc1nnnn1-c1cccc(C(=O)N2CCOC(c3ccccc3)C2)c1. The Kier molecular flexibility index (Phi) is 4.45. The molecule has 0 saturated carbocycles. The summed E-state index contributed by atoms with van der Waals surface area (Å²) in [7, 11) is 0. The van der Waals surface area contributed by atoms with Crippen LogP contribution in [0.4, 0.5) is 0 Å². The van der Waals surface area contributed by atoms with Gasteiger partial charge in [-0.15, -0.1) is 5.10 Å². The molecule has 1 aliphatic rings. The summed E-state index contributed by atoms with van der Waals surface area (Å²) >= 11 is 0. The van der Waals surface area contributed by atoms with E-state index in [0.717, 1.165) is 11.3 Å². The lowest BCUT2D eigenvalue weighted by Crippen LogP contribution is -2.42. The Hall–Kier alpha value is -3.06. The smallest absolute Gasteiger partial charge is 0.254 e. The van der Waals surface area contributed by atoms with Crippen LogP contribution in [0.25, 0.3) is 5.69 Å². The molecule has 1 atom stereocenters. The Bertz CT molecular complexity index is 909. The molecule has 7 heteroatoms. The number of ether oxygens (including phenoxy) is 1. The number of rotatable bonds is 3. The van der Waals surface area contributed by atoms with Crippen molar-refractivity contribution in [3.05, 3.63) is 71.5 Å². The van der Waals surface area contributed by atoms with E-state index >= 15 is 0 Å². The summed E-state index contributed by atoms with van der Waals surface area (Å²) in [5, 5.41) is 11.5. The minimum absolute atomic E-state index is 0.0122. The molecule has 1 saturated heterocycles. The van der Waals surface area contributed by atoms with Gasteiger partial charge in [0.05, 0.1) is 18.8 Å². The van der Waals surface area contributed by atoms with Gasteiger partial charge in [0.1, 0.15) is 6.10 Å². The van der Waals surface area contributed by atoms with Crippen LogP contribution in [0.3, 0.4) is 0 Å². The number of aryl methyl sites for hydroxylation is 1. The second kappa shape index (κ2) is 7.05. The van der Waals surface area contributed by atoms with Gasteiger partial charge in [-0.3, -0.25) is 4.79 Å². The molecule has 1 amide bonds. The van der Waals surface area contributed by atoms with Crippen LogP contribution < -0.4 is 0 Å². The van der Waals surface area contributed by atoms with Crippen LogP contribution in [0.5, 0.6) is 0 Å². The molecule has 0 bridgehead atoms. The zero-order chi connectivity index (χ0) is 17.9. The normalized spacial score (nSPS) is 17.3. The van der Waals surface area contributed by atoms with Crippen molar-refractivity contribution in [1.82, 2.24) is 25.1 Å². The van der Waals surface area contributed by atoms with Crippen LogP contribution in [0.1, 0.15) is 27.8 Å². The highest BCUT2D eigenvalue weighted by Gasteiger charge is 2.26. The first kappa shape index (κ1) is 16.4. The van der Waals surface area contributed by atoms with E-state index in [2.05, 4.69) is 15.5 Å². The van der Waals surface area contributed by atoms with Gasteiger partial charge < -0.3 is 9.64 Å². The molecule has 0 N–H and O–H groups in total. The summed E-state index contributed by atoms with van der Waals surface area (Å²) in [5.74, 6) is 0.659. The maximum atomic E-state index is 13.0. The predicted molar refractivity (Wildman–Crippen MR) is 94.9 cm³/mol. The molecule has 4 rings (SSSR count). The second-order valence-electron chi connectivity index (χ2n) is 6.21. The molecular weight excluding hydrogens is 330 g/mol. The van der Waals surface area contributed by atoms with E-state index in [4.69, 9.17) is 4.74 Å².